The molecule has 0 fully saturated rings. The molecule has 0 aliphatic rings. The second-order valence-corrected chi connectivity index (χ2v) is 4.02. The van der Waals surface area contributed by atoms with Crippen molar-refractivity contribution < 1.29 is 9.84 Å². The molecule has 1 atom stereocenters. The molecule has 4 nitrogen and oxygen atoms in total. The second kappa shape index (κ2) is 11.3. The van der Waals surface area contributed by atoms with Gasteiger partial charge >= 0.3 is 0 Å². The number of unbranched alkanes of at least 4 members (excludes halogenated alkanes) is 1. The van der Waals surface area contributed by atoms with E-state index < -0.39 is 0 Å². The quantitative estimate of drug-likeness (QED) is 0.554. The summed E-state index contributed by atoms with van der Waals surface area (Å²) in [6.45, 7) is 8.47. The minimum atomic E-state index is 0.160. The fourth-order valence-corrected chi connectivity index (χ4v) is 1.69. The highest BCUT2D eigenvalue weighted by molar-refractivity contribution is 4.64. The first kappa shape index (κ1) is 15.8. The number of rotatable bonds is 11. The van der Waals surface area contributed by atoms with Crippen molar-refractivity contribution in [2.45, 2.75) is 39.2 Å². The molecular formula is C12H28N2O2. The van der Waals surface area contributed by atoms with Crippen molar-refractivity contribution in [1.29, 1.82) is 0 Å². The Hall–Kier alpha value is -0.160. The first-order valence-electron chi connectivity index (χ1n) is 6.43. The Bertz CT molecular complexity index is 145. The normalized spacial score (nSPS) is 13.3. The van der Waals surface area contributed by atoms with Crippen molar-refractivity contribution in [3.63, 3.8) is 0 Å². The van der Waals surface area contributed by atoms with E-state index in [-0.39, 0.29) is 12.7 Å². The second-order valence-electron chi connectivity index (χ2n) is 4.02. The molecule has 16 heavy (non-hydrogen) atoms. The fourth-order valence-electron chi connectivity index (χ4n) is 1.69. The lowest BCUT2D eigenvalue weighted by molar-refractivity contribution is 0.0524. The number of hydrogen-bond donors (Lipinski definition) is 2. The smallest absolute Gasteiger partial charge is 0.0709 e. The van der Waals surface area contributed by atoms with E-state index in [1.165, 1.54) is 12.8 Å². The van der Waals surface area contributed by atoms with E-state index in [1.54, 1.807) is 0 Å². The molecule has 4 heteroatoms. The van der Waals surface area contributed by atoms with Gasteiger partial charge in [-0.1, -0.05) is 13.3 Å². The predicted molar refractivity (Wildman–Crippen MR) is 67.5 cm³/mol. The van der Waals surface area contributed by atoms with Gasteiger partial charge in [0.2, 0.25) is 0 Å². The molecule has 0 spiro atoms. The Labute approximate surface area is 99.8 Å². The Morgan fingerprint density at radius 3 is 2.50 bits per heavy atom. The summed E-state index contributed by atoms with van der Waals surface area (Å²) in [4.78, 5) is 2.28. The largest absolute Gasteiger partial charge is 0.395 e. The van der Waals surface area contributed by atoms with Crippen molar-refractivity contribution in [2.75, 3.05) is 39.4 Å². The van der Waals surface area contributed by atoms with E-state index in [0.717, 1.165) is 32.7 Å². The highest BCUT2D eigenvalue weighted by Gasteiger charge is 2.09. The Kier molecular flexibility index (Phi) is 11.2. The number of hydrogen-bond acceptors (Lipinski definition) is 4. The standard InChI is InChI=1S/C12H28N2O2/c1-3-5-7-14(9-10-15)8-6-12(11-13)16-4-2/h12,15H,3-11,13H2,1-2H3. The molecule has 0 amide bonds. The van der Waals surface area contributed by atoms with Crippen LogP contribution in [0.15, 0.2) is 0 Å². The van der Waals surface area contributed by atoms with E-state index in [4.69, 9.17) is 15.6 Å². The molecule has 0 heterocycles. The Balaban J connectivity index is 3.78. The van der Waals surface area contributed by atoms with Crippen molar-refractivity contribution >= 4 is 0 Å². The summed E-state index contributed by atoms with van der Waals surface area (Å²) in [7, 11) is 0. The van der Waals surface area contributed by atoms with E-state index in [0.29, 0.717) is 6.54 Å². The summed E-state index contributed by atoms with van der Waals surface area (Å²) in [6.07, 6.45) is 3.48. The molecule has 1 unspecified atom stereocenters. The number of aliphatic hydroxyl groups excluding tert-OH is 1. The third kappa shape index (κ3) is 8.05. The van der Waals surface area contributed by atoms with Crippen molar-refractivity contribution in [3.8, 4) is 0 Å². The zero-order chi connectivity index (χ0) is 12.2. The van der Waals surface area contributed by atoms with E-state index in [2.05, 4.69) is 11.8 Å². The maximum atomic E-state index is 8.96. The first-order chi connectivity index (χ1) is 7.78. The van der Waals surface area contributed by atoms with Crippen molar-refractivity contribution in [2.24, 2.45) is 5.73 Å². The van der Waals surface area contributed by atoms with Gasteiger partial charge in [0.15, 0.2) is 0 Å². The minimum absolute atomic E-state index is 0.160. The van der Waals surface area contributed by atoms with Crippen LogP contribution in [0.25, 0.3) is 0 Å². The van der Waals surface area contributed by atoms with Gasteiger partial charge in [-0.15, -0.1) is 0 Å². The molecule has 3 N–H and O–H groups in total. The van der Waals surface area contributed by atoms with Crippen LogP contribution in [-0.4, -0.2) is 55.5 Å². The summed E-state index contributed by atoms with van der Waals surface area (Å²) in [5.41, 5.74) is 5.63. The van der Waals surface area contributed by atoms with Gasteiger partial charge in [0.1, 0.15) is 0 Å². The number of nitrogens with two attached hydrogens (primary N) is 1. The molecule has 0 rings (SSSR count). The summed E-state index contributed by atoms with van der Waals surface area (Å²) >= 11 is 0. The SMILES string of the molecule is CCCCN(CCO)CCC(CN)OCC. The molecule has 0 aromatic heterocycles. The first-order valence-corrected chi connectivity index (χ1v) is 6.43. The highest BCUT2D eigenvalue weighted by Crippen LogP contribution is 2.02. The van der Waals surface area contributed by atoms with Gasteiger partial charge in [-0.3, -0.25) is 0 Å². The number of nitrogens with zero attached hydrogens (tertiary/aromatic N) is 1. The lowest BCUT2D eigenvalue weighted by Gasteiger charge is -2.23. The van der Waals surface area contributed by atoms with Gasteiger partial charge < -0.3 is 20.5 Å². The summed E-state index contributed by atoms with van der Waals surface area (Å²) < 4.78 is 5.51. The maximum Gasteiger partial charge on any atom is 0.0709 e. The van der Waals surface area contributed by atoms with Crippen molar-refractivity contribution in [1.82, 2.24) is 4.90 Å². The topological polar surface area (TPSA) is 58.7 Å². The van der Waals surface area contributed by atoms with Crippen LogP contribution in [0.2, 0.25) is 0 Å². The fraction of sp³-hybridized carbons (Fsp3) is 1.00. The molecule has 0 bridgehead atoms. The van der Waals surface area contributed by atoms with Crippen LogP contribution >= 0.6 is 0 Å². The summed E-state index contributed by atoms with van der Waals surface area (Å²) in [6, 6.07) is 0. The van der Waals surface area contributed by atoms with Gasteiger partial charge in [0, 0.05) is 26.2 Å². The zero-order valence-electron chi connectivity index (χ0n) is 10.8. The number of ether oxygens (including phenoxy) is 1. The van der Waals surface area contributed by atoms with Crippen LogP contribution in [0.3, 0.4) is 0 Å². The monoisotopic (exact) mass is 232 g/mol. The van der Waals surface area contributed by atoms with Gasteiger partial charge in [0.25, 0.3) is 0 Å². The molecule has 0 aromatic carbocycles. The Morgan fingerprint density at radius 1 is 1.25 bits per heavy atom. The molecule has 0 radical (unpaired) electrons. The Morgan fingerprint density at radius 2 is 2.00 bits per heavy atom. The van der Waals surface area contributed by atoms with Crippen LogP contribution in [-0.2, 0) is 4.74 Å². The van der Waals surface area contributed by atoms with Crippen molar-refractivity contribution in [3.05, 3.63) is 0 Å². The maximum absolute atomic E-state index is 8.96. The third-order valence-corrected chi connectivity index (χ3v) is 2.68. The van der Waals surface area contributed by atoms with E-state index in [1.807, 2.05) is 6.92 Å². The molecule has 0 saturated heterocycles. The van der Waals surface area contributed by atoms with Crippen LogP contribution in [0.5, 0.6) is 0 Å². The lowest BCUT2D eigenvalue weighted by atomic mass is 10.2. The van der Waals surface area contributed by atoms with E-state index >= 15 is 0 Å². The molecule has 0 aliphatic carbocycles. The summed E-state index contributed by atoms with van der Waals surface area (Å²) in [5, 5.41) is 8.96. The van der Waals surface area contributed by atoms with Gasteiger partial charge in [0.05, 0.1) is 12.7 Å². The molecular weight excluding hydrogens is 204 g/mol. The number of aliphatic hydroxyl groups is 1. The van der Waals surface area contributed by atoms with Crippen LogP contribution < -0.4 is 5.73 Å². The van der Waals surface area contributed by atoms with Crippen LogP contribution in [0, 0.1) is 0 Å². The van der Waals surface area contributed by atoms with Gasteiger partial charge in [-0.25, -0.2) is 0 Å². The van der Waals surface area contributed by atoms with Crippen LogP contribution in [0.4, 0.5) is 0 Å². The lowest BCUT2D eigenvalue weighted by Crippen LogP contribution is -2.34. The predicted octanol–water partition coefficient (Wildman–Crippen LogP) is 0.835. The highest BCUT2D eigenvalue weighted by atomic mass is 16.5. The molecule has 0 aromatic rings. The molecule has 98 valence electrons. The third-order valence-electron chi connectivity index (χ3n) is 2.68. The summed E-state index contributed by atoms with van der Waals surface area (Å²) in [5.74, 6) is 0. The molecule has 0 aliphatic heterocycles. The van der Waals surface area contributed by atoms with Gasteiger partial charge in [-0.2, -0.15) is 0 Å². The van der Waals surface area contributed by atoms with Crippen LogP contribution in [0.1, 0.15) is 33.1 Å². The minimum Gasteiger partial charge on any atom is -0.395 e. The van der Waals surface area contributed by atoms with E-state index in [9.17, 15) is 0 Å². The average molecular weight is 232 g/mol. The molecule has 0 saturated carbocycles. The average Bonchev–Trinajstić information content (AvgIpc) is 2.30. The zero-order valence-corrected chi connectivity index (χ0v) is 10.8. The van der Waals surface area contributed by atoms with Gasteiger partial charge in [-0.05, 0) is 26.3 Å².